The third-order valence-corrected chi connectivity index (χ3v) is 11.9. The molecule has 324 valence electrons. The number of nitrogens with zero attached hydrogens (tertiary/aromatic N) is 6. The van der Waals surface area contributed by atoms with Crippen LogP contribution in [0.5, 0.6) is 11.5 Å². The first kappa shape index (κ1) is 50.9. The van der Waals surface area contributed by atoms with Crippen molar-refractivity contribution < 1.29 is 123 Å². The molecule has 2 aromatic heterocycles. The minimum Gasteiger partial charge on any atom is -1.00 e. The second-order valence-corrected chi connectivity index (χ2v) is 17.0. The standard InChI is InChI=1S/C49H58N6O2.4HI/c1-50-44-22-11-13-24-46(44)56-48(50)36-38-26-30-52(42-20-9-7-18-40(38)42)28-15-32-54(3,4)34-17-35-55(5,6)33-16-29-53-31-27-39(41-19-8-10-21-43(41)53)37-49-51(2)45-23-12-14-25-47(45)57-49;;;;/h7-14,18-27,30-31,36-37H,15-17,28-29,32-35H2,1-6H3;4*1H/q+4;;;;/p-4. The summed E-state index contributed by atoms with van der Waals surface area (Å²) in [6, 6.07) is 38.3. The lowest BCUT2D eigenvalue weighted by Gasteiger charge is -2.33. The average molecular weight is 1270 g/mol. The zero-order valence-electron chi connectivity index (χ0n) is 36.1. The third kappa shape index (κ3) is 11.9. The Kier molecular flexibility index (Phi) is 18.5. The molecular formula is C49H58I4N6O2. The fourth-order valence-electron chi connectivity index (χ4n) is 8.51. The van der Waals surface area contributed by atoms with E-state index in [9.17, 15) is 0 Å². The maximum atomic E-state index is 6.21. The number of hydrogen-bond donors (Lipinski definition) is 0. The van der Waals surface area contributed by atoms with E-state index >= 15 is 0 Å². The summed E-state index contributed by atoms with van der Waals surface area (Å²) in [5, 5.41) is 2.48. The number of hydrogen-bond acceptors (Lipinski definition) is 4. The molecule has 61 heavy (non-hydrogen) atoms. The highest BCUT2D eigenvalue weighted by molar-refractivity contribution is 5.88. The number of fused-ring (bicyclic) bond motifs is 4. The van der Waals surface area contributed by atoms with Gasteiger partial charge in [-0.3, -0.25) is 0 Å². The van der Waals surface area contributed by atoms with Crippen LogP contribution in [-0.4, -0.2) is 77.4 Å². The predicted molar refractivity (Wildman–Crippen MR) is 233 cm³/mol. The molecular weight excluding hydrogens is 1210 g/mol. The molecule has 0 bridgehead atoms. The number of ether oxygens (including phenoxy) is 2. The van der Waals surface area contributed by atoms with E-state index in [0.29, 0.717) is 0 Å². The first-order valence-electron chi connectivity index (χ1n) is 20.5. The van der Waals surface area contributed by atoms with Crippen LogP contribution in [0.15, 0.2) is 133 Å². The summed E-state index contributed by atoms with van der Waals surface area (Å²) in [6.07, 6.45) is 12.3. The van der Waals surface area contributed by atoms with Crippen LogP contribution in [0.3, 0.4) is 0 Å². The number of rotatable bonds is 14. The molecule has 0 saturated heterocycles. The molecule has 0 aliphatic carbocycles. The predicted octanol–water partition coefficient (Wildman–Crippen LogP) is -3.74. The van der Waals surface area contributed by atoms with Crippen molar-refractivity contribution in [2.45, 2.75) is 32.4 Å². The first-order valence-corrected chi connectivity index (χ1v) is 20.5. The van der Waals surface area contributed by atoms with Crippen molar-refractivity contribution in [3.8, 4) is 11.5 Å². The summed E-state index contributed by atoms with van der Waals surface area (Å²) in [5.74, 6) is 3.50. The molecule has 0 unspecified atom stereocenters. The molecule has 0 radical (unpaired) electrons. The molecule has 4 aromatic carbocycles. The van der Waals surface area contributed by atoms with Crippen LogP contribution in [0.25, 0.3) is 34.0 Å². The molecule has 0 fully saturated rings. The second kappa shape index (κ2) is 22.2. The van der Waals surface area contributed by atoms with E-state index in [4.69, 9.17) is 9.47 Å². The van der Waals surface area contributed by atoms with Gasteiger partial charge in [-0.05, 0) is 47.5 Å². The lowest BCUT2D eigenvalue weighted by atomic mass is 10.1. The van der Waals surface area contributed by atoms with Gasteiger partial charge in [0.05, 0.1) is 89.4 Å². The largest absolute Gasteiger partial charge is 1.00 e. The van der Waals surface area contributed by atoms with Crippen molar-refractivity contribution in [1.82, 2.24) is 0 Å². The Balaban J connectivity index is 0.00000205. The van der Waals surface area contributed by atoms with E-state index in [1.54, 1.807) is 0 Å². The number of anilines is 2. The van der Waals surface area contributed by atoms with Crippen LogP contribution < -0.4 is 124 Å². The Morgan fingerprint density at radius 1 is 0.475 bits per heavy atom. The number of aromatic nitrogens is 2. The topological polar surface area (TPSA) is 32.7 Å². The van der Waals surface area contributed by atoms with Crippen LogP contribution in [0, 0.1) is 0 Å². The molecule has 0 saturated carbocycles. The van der Waals surface area contributed by atoms with Gasteiger partial charge in [0.2, 0.25) is 22.8 Å². The molecule has 0 spiro atoms. The summed E-state index contributed by atoms with van der Waals surface area (Å²) in [4.78, 5) is 4.24. The highest BCUT2D eigenvalue weighted by Crippen LogP contribution is 2.39. The molecule has 4 heterocycles. The number of para-hydroxylation sites is 6. The fourth-order valence-corrected chi connectivity index (χ4v) is 8.51. The van der Waals surface area contributed by atoms with Gasteiger partial charge in [-0.1, -0.05) is 48.5 Å². The van der Waals surface area contributed by atoms with Crippen molar-refractivity contribution >= 4 is 45.3 Å². The summed E-state index contributed by atoms with van der Waals surface area (Å²) >= 11 is 0. The van der Waals surface area contributed by atoms with Gasteiger partial charge in [0.25, 0.3) is 0 Å². The van der Waals surface area contributed by atoms with Crippen molar-refractivity contribution in [2.75, 3.05) is 78.3 Å². The monoisotopic (exact) mass is 1270 g/mol. The number of pyridine rings is 2. The number of quaternary nitrogens is 2. The van der Waals surface area contributed by atoms with Crippen LogP contribution in [0.2, 0.25) is 0 Å². The van der Waals surface area contributed by atoms with E-state index in [0.717, 1.165) is 82.6 Å². The van der Waals surface area contributed by atoms with Gasteiger partial charge in [0.1, 0.15) is 0 Å². The van der Waals surface area contributed by atoms with Gasteiger partial charge in [0, 0.05) is 56.9 Å². The van der Waals surface area contributed by atoms with Crippen LogP contribution in [0.1, 0.15) is 30.4 Å². The smallest absolute Gasteiger partial charge is 0.213 e. The van der Waals surface area contributed by atoms with E-state index in [1.807, 2.05) is 24.3 Å². The zero-order chi connectivity index (χ0) is 39.6. The highest BCUT2D eigenvalue weighted by Gasteiger charge is 2.26. The zero-order valence-corrected chi connectivity index (χ0v) is 44.7. The Hall–Kier alpha value is -2.78. The first-order chi connectivity index (χ1) is 27.6. The maximum Gasteiger partial charge on any atom is 0.213 e. The molecule has 6 aromatic rings. The number of benzene rings is 4. The molecule has 8 rings (SSSR count). The molecule has 12 heteroatoms. The normalized spacial score (nSPS) is 14.4. The molecule has 0 atom stereocenters. The van der Waals surface area contributed by atoms with Gasteiger partial charge in [-0.2, -0.15) is 9.13 Å². The van der Waals surface area contributed by atoms with Crippen LogP contribution >= 0.6 is 0 Å². The molecule has 0 amide bonds. The number of halogens is 4. The van der Waals surface area contributed by atoms with Crippen molar-refractivity contribution in [1.29, 1.82) is 0 Å². The summed E-state index contributed by atoms with van der Waals surface area (Å²) in [5.41, 5.74) is 7.04. The number of aryl methyl sites for hydroxylation is 2. The Morgan fingerprint density at radius 3 is 1.25 bits per heavy atom. The SMILES string of the molecule is CN1/C(=C/c2cc[n+](CCC[N+](C)(C)CCC[N+](C)(C)CCC[n+]3ccc(/C=C4/Oc5ccccc5N4C)c4ccccc43)c3ccccc23)Oc2ccccc21.[I-].[I-].[I-].[I-]. The van der Waals surface area contributed by atoms with E-state index in [1.165, 1.54) is 52.4 Å². The fraction of sp³-hybridized carbons (Fsp3) is 0.306. The van der Waals surface area contributed by atoms with E-state index < -0.39 is 0 Å². The molecule has 2 aliphatic heterocycles. The lowest BCUT2D eigenvalue weighted by Crippen LogP contribution is -3.00. The Bertz CT molecular complexity index is 2320. The van der Waals surface area contributed by atoms with Crippen molar-refractivity contribution in [3.05, 3.63) is 144 Å². The van der Waals surface area contributed by atoms with Gasteiger partial charge in [-0.15, -0.1) is 0 Å². The average Bonchev–Trinajstić information content (AvgIpc) is 3.70. The summed E-state index contributed by atoms with van der Waals surface area (Å²) in [6.45, 7) is 6.62. The van der Waals surface area contributed by atoms with E-state index in [2.05, 4.69) is 171 Å². The molecule has 2 aliphatic rings. The van der Waals surface area contributed by atoms with Crippen molar-refractivity contribution in [3.63, 3.8) is 0 Å². The lowest BCUT2D eigenvalue weighted by molar-refractivity contribution is -0.911. The summed E-state index contributed by atoms with van der Waals surface area (Å²) in [7, 11) is 13.7. The molecule has 0 N–H and O–H groups in total. The third-order valence-electron chi connectivity index (χ3n) is 11.9. The minimum atomic E-state index is 0. The summed E-state index contributed by atoms with van der Waals surface area (Å²) < 4.78 is 19.3. The van der Waals surface area contributed by atoms with Gasteiger partial charge < -0.3 is 124 Å². The van der Waals surface area contributed by atoms with Gasteiger partial charge >= 0.3 is 0 Å². The maximum absolute atomic E-state index is 6.21. The quantitative estimate of drug-likeness (QED) is 0.0640. The van der Waals surface area contributed by atoms with E-state index in [-0.39, 0.29) is 95.9 Å². The Morgan fingerprint density at radius 2 is 0.836 bits per heavy atom. The second-order valence-electron chi connectivity index (χ2n) is 17.0. The molecule has 8 nitrogen and oxygen atoms in total. The Labute approximate surface area is 431 Å². The highest BCUT2D eigenvalue weighted by atomic mass is 127. The minimum absolute atomic E-state index is 0. The van der Waals surface area contributed by atoms with Crippen molar-refractivity contribution in [2.24, 2.45) is 0 Å². The van der Waals surface area contributed by atoms with Crippen LogP contribution in [-0.2, 0) is 13.1 Å². The van der Waals surface area contributed by atoms with Gasteiger partial charge in [-0.25, -0.2) is 0 Å². The van der Waals surface area contributed by atoms with Gasteiger partial charge in [0.15, 0.2) is 37.0 Å². The van der Waals surface area contributed by atoms with Crippen LogP contribution in [0.4, 0.5) is 11.4 Å².